The highest BCUT2D eigenvalue weighted by Crippen LogP contribution is 2.07. The average molecular weight is 265 g/mol. The molecule has 2 N–H and O–H groups in total. The Morgan fingerprint density at radius 1 is 1.37 bits per heavy atom. The highest BCUT2D eigenvalue weighted by atomic mass is 16.7. The number of hydrogen-bond donors (Lipinski definition) is 1. The smallest absolute Gasteiger partial charge is 0.236 e. The van der Waals surface area contributed by atoms with E-state index in [1.807, 2.05) is 42.3 Å². The third-order valence-electron chi connectivity index (χ3n) is 3.16. The van der Waals surface area contributed by atoms with E-state index >= 15 is 0 Å². The Kier molecular flexibility index (Phi) is 6.49. The number of amides is 1. The summed E-state index contributed by atoms with van der Waals surface area (Å²) in [6.45, 7) is 3.33. The maximum absolute atomic E-state index is 11.5. The summed E-state index contributed by atoms with van der Waals surface area (Å²) in [6, 6.07) is 10.1. The van der Waals surface area contributed by atoms with Gasteiger partial charge in [0.2, 0.25) is 5.91 Å². The zero-order valence-corrected chi connectivity index (χ0v) is 11.9. The van der Waals surface area contributed by atoms with Crippen LogP contribution in [0.2, 0.25) is 0 Å². The lowest BCUT2D eigenvalue weighted by Crippen LogP contribution is -2.44. The molecular formula is C14H23N3O2. The first-order chi connectivity index (χ1) is 9.08. The van der Waals surface area contributed by atoms with Crippen molar-refractivity contribution >= 4 is 5.91 Å². The molecular weight excluding hydrogens is 242 g/mol. The fourth-order valence-electron chi connectivity index (χ4n) is 1.80. The van der Waals surface area contributed by atoms with Gasteiger partial charge in [-0.1, -0.05) is 30.3 Å². The zero-order valence-electron chi connectivity index (χ0n) is 11.9. The zero-order chi connectivity index (χ0) is 14.3. The number of nitrogens with two attached hydrogens (primary N) is 1. The summed E-state index contributed by atoms with van der Waals surface area (Å²) >= 11 is 0. The van der Waals surface area contributed by atoms with E-state index in [1.54, 1.807) is 19.1 Å². The molecule has 0 radical (unpaired) electrons. The van der Waals surface area contributed by atoms with E-state index in [0.717, 1.165) is 0 Å². The second-order valence-corrected chi connectivity index (χ2v) is 4.55. The fourth-order valence-corrected chi connectivity index (χ4v) is 1.80. The molecule has 106 valence electrons. The Morgan fingerprint density at radius 2 is 2.00 bits per heavy atom. The monoisotopic (exact) mass is 265 g/mol. The van der Waals surface area contributed by atoms with Crippen molar-refractivity contribution in [3.63, 3.8) is 0 Å². The van der Waals surface area contributed by atoms with Gasteiger partial charge in [-0.3, -0.25) is 4.79 Å². The van der Waals surface area contributed by atoms with E-state index in [9.17, 15) is 4.79 Å². The first-order valence-corrected chi connectivity index (χ1v) is 6.37. The summed E-state index contributed by atoms with van der Waals surface area (Å²) in [5.41, 5.74) is 6.53. The Hall–Kier alpha value is -1.43. The van der Waals surface area contributed by atoms with Crippen molar-refractivity contribution in [2.45, 2.75) is 19.5 Å². The van der Waals surface area contributed by atoms with Gasteiger partial charge in [-0.15, -0.1) is 0 Å². The number of hydrogen-bond acceptors (Lipinski definition) is 4. The Balaban J connectivity index is 2.54. The van der Waals surface area contributed by atoms with Gasteiger partial charge in [0, 0.05) is 26.2 Å². The van der Waals surface area contributed by atoms with Crippen LogP contribution >= 0.6 is 0 Å². The molecule has 0 aliphatic heterocycles. The molecule has 5 nitrogen and oxygen atoms in total. The topological polar surface area (TPSA) is 58.8 Å². The normalized spacial score (nSPS) is 12.5. The lowest BCUT2D eigenvalue weighted by molar-refractivity contribution is -0.153. The Bertz CT molecular complexity index is 384. The molecule has 0 saturated heterocycles. The minimum Gasteiger partial charge on any atom is -0.341 e. The summed E-state index contributed by atoms with van der Waals surface area (Å²) in [7, 11) is 3.40. The van der Waals surface area contributed by atoms with E-state index in [0.29, 0.717) is 13.1 Å². The summed E-state index contributed by atoms with van der Waals surface area (Å²) < 4.78 is 0. The van der Waals surface area contributed by atoms with Gasteiger partial charge in [0.05, 0.1) is 13.7 Å². The molecule has 5 heteroatoms. The molecule has 0 spiro atoms. The third kappa shape index (κ3) is 4.98. The highest BCUT2D eigenvalue weighted by Gasteiger charge is 2.17. The van der Waals surface area contributed by atoms with Crippen molar-refractivity contribution in [3.8, 4) is 0 Å². The van der Waals surface area contributed by atoms with Crippen LogP contribution in [0.1, 0.15) is 12.5 Å². The van der Waals surface area contributed by atoms with Gasteiger partial charge < -0.3 is 15.5 Å². The number of likely N-dealkylation sites (N-methyl/N-ethyl adjacent to an activating group) is 1. The first kappa shape index (κ1) is 15.6. The molecule has 1 aromatic carbocycles. The van der Waals surface area contributed by atoms with Crippen molar-refractivity contribution in [3.05, 3.63) is 35.9 Å². The van der Waals surface area contributed by atoms with Gasteiger partial charge in [-0.05, 0) is 12.5 Å². The molecule has 19 heavy (non-hydrogen) atoms. The summed E-state index contributed by atoms with van der Waals surface area (Å²) in [4.78, 5) is 18.5. The van der Waals surface area contributed by atoms with Crippen LogP contribution < -0.4 is 5.73 Å². The van der Waals surface area contributed by atoms with Crippen molar-refractivity contribution in [1.82, 2.24) is 9.96 Å². The molecule has 1 rings (SSSR count). The number of rotatable bonds is 7. The van der Waals surface area contributed by atoms with Crippen molar-refractivity contribution < 1.29 is 9.63 Å². The van der Waals surface area contributed by atoms with Crippen LogP contribution in [0.5, 0.6) is 0 Å². The van der Waals surface area contributed by atoms with Crippen LogP contribution in [0.15, 0.2) is 30.3 Å². The molecule has 0 aliphatic carbocycles. The van der Waals surface area contributed by atoms with Crippen LogP contribution in [0.3, 0.4) is 0 Å². The first-order valence-electron chi connectivity index (χ1n) is 6.37. The molecule has 0 unspecified atom stereocenters. The van der Waals surface area contributed by atoms with Gasteiger partial charge in [0.25, 0.3) is 0 Å². The van der Waals surface area contributed by atoms with E-state index in [4.69, 9.17) is 10.6 Å². The van der Waals surface area contributed by atoms with E-state index in [2.05, 4.69) is 0 Å². The molecule has 1 aromatic rings. The van der Waals surface area contributed by atoms with Crippen LogP contribution in [0.4, 0.5) is 0 Å². The van der Waals surface area contributed by atoms with Crippen molar-refractivity contribution in [1.29, 1.82) is 0 Å². The molecule has 1 amide bonds. The largest absolute Gasteiger partial charge is 0.341 e. The quantitative estimate of drug-likeness (QED) is 0.743. The Labute approximate surface area is 114 Å². The minimum absolute atomic E-state index is 0.0342. The average Bonchev–Trinajstić information content (AvgIpc) is 2.45. The number of carbonyl (C=O) groups excluding carboxylic acids is 1. The number of nitrogens with zero attached hydrogens (tertiary/aromatic N) is 2. The van der Waals surface area contributed by atoms with Crippen molar-refractivity contribution in [2.75, 3.05) is 27.2 Å². The lowest BCUT2D eigenvalue weighted by Gasteiger charge is -2.29. The summed E-state index contributed by atoms with van der Waals surface area (Å²) in [5.74, 6) is -0.0664. The van der Waals surface area contributed by atoms with Gasteiger partial charge in [0.1, 0.15) is 0 Å². The van der Waals surface area contributed by atoms with Crippen LogP contribution in [-0.4, -0.2) is 49.2 Å². The summed E-state index contributed by atoms with van der Waals surface area (Å²) in [6.07, 6.45) is 0. The van der Waals surface area contributed by atoms with E-state index in [-0.39, 0.29) is 18.5 Å². The predicted molar refractivity (Wildman–Crippen MR) is 75.1 cm³/mol. The second-order valence-electron chi connectivity index (χ2n) is 4.55. The number of benzene rings is 1. The number of carbonyl (C=O) groups is 1. The maximum atomic E-state index is 11.5. The van der Waals surface area contributed by atoms with Crippen LogP contribution in [0.25, 0.3) is 0 Å². The van der Waals surface area contributed by atoms with Crippen molar-refractivity contribution in [2.24, 2.45) is 5.73 Å². The van der Waals surface area contributed by atoms with Gasteiger partial charge in [-0.2, -0.15) is 5.06 Å². The second kappa shape index (κ2) is 7.89. The van der Waals surface area contributed by atoms with Crippen LogP contribution in [0, 0.1) is 0 Å². The van der Waals surface area contributed by atoms with E-state index in [1.165, 1.54) is 5.56 Å². The summed E-state index contributed by atoms with van der Waals surface area (Å²) in [5, 5.41) is 1.83. The fraction of sp³-hybridized carbons (Fsp3) is 0.500. The van der Waals surface area contributed by atoms with Gasteiger partial charge in [-0.25, -0.2) is 0 Å². The standard InChI is InChI=1S/C14H23N3O2/c1-12(16(2)14(18)9-15)10-17(19-3)11-13-7-5-4-6-8-13/h4-8,12H,9-11,15H2,1-3H3/t12-/m1/s1. The lowest BCUT2D eigenvalue weighted by atomic mass is 10.2. The van der Waals surface area contributed by atoms with Gasteiger partial charge in [0.15, 0.2) is 0 Å². The predicted octanol–water partition coefficient (Wildman–Crippen LogP) is 0.856. The Morgan fingerprint density at radius 3 is 2.53 bits per heavy atom. The van der Waals surface area contributed by atoms with Gasteiger partial charge >= 0.3 is 0 Å². The number of hydroxylamine groups is 2. The molecule has 0 bridgehead atoms. The molecule has 0 heterocycles. The SMILES string of the molecule is CON(Cc1ccccc1)C[C@@H](C)N(C)C(=O)CN. The molecule has 0 saturated carbocycles. The highest BCUT2D eigenvalue weighted by molar-refractivity contribution is 5.78. The molecule has 0 aromatic heterocycles. The molecule has 0 fully saturated rings. The molecule has 0 aliphatic rings. The maximum Gasteiger partial charge on any atom is 0.236 e. The molecule has 1 atom stereocenters. The van der Waals surface area contributed by atoms with Crippen LogP contribution in [-0.2, 0) is 16.2 Å². The van der Waals surface area contributed by atoms with E-state index < -0.39 is 0 Å². The minimum atomic E-state index is -0.0664. The third-order valence-corrected chi connectivity index (χ3v) is 3.16.